The van der Waals surface area contributed by atoms with Crippen molar-refractivity contribution in [3.05, 3.63) is 72.8 Å². The van der Waals surface area contributed by atoms with Gasteiger partial charge in [-0.2, -0.15) is 0 Å². The molecular weight excluding hydrogens is 298 g/mol. The fourth-order valence-electron chi connectivity index (χ4n) is 3.48. The molecule has 0 spiro atoms. The Morgan fingerprint density at radius 3 is 2.79 bits per heavy atom. The highest BCUT2D eigenvalue weighted by molar-refractivity contribution is 5.45. The van der Waals surface area contributed by atoms with Crippen molar-refractivity contribution in [1.29, 1.82) is 0 Å². The first-order chi connectivity index (χ1) is 11.9. The number of nitrogens with zero attached hydrogens (tertiary/aromatic N) is 5. The normalized spacial score (nSPS) is 17.8. The number of hydrogen-bond donors (Lipinski definition) is 0. The standard InChI is InChI=1S/C19H21N5/c1-3-16(13-21-7-1)14-24-12-10-22-19(24)17-4-2-11-23(15-17)18-5-8-20-9-6-18/h1,3,5-10,12-13,17H,2,4,11,14-15H2. The number of pyridine rings is 2. The van der Waals surface area contributed by atoms with E-state index in [1.165, 1.54) is 29.9 Å². The monoisotopic (exact) mass is 319 g/mol. The Balaban J connectivity index is 1.53. The molecule has 0 radical (unpaired) electrons. The molecule has 1 unspecified atom stereocenters. The lowest BCUT2D eigenvalue weighted by Gasteiger charge is -2.34. The van der Waals surface area contributed by atoms with Crippen LogP contribution in [0.2, 0.25) is 0 Å². The molecule has 1 saturated heterocycles. The lowest BCUT2D eigenvalue weighted by atomic mass is 9.96. The van der Waals surface area contributed by atoms with Crippen LogP contribution in [0.15, 0.2) is 61.4 Å². The highest BCUT2D eigenvalue weighted by Gasteiger charge is 2.24. The van der Waals surface area contributed by atoms with Crippen molar-refractivity contribution >= 4 is 5.69 Å². The van der Waals surface area contributed by atoms with Crippen LogP contribution in [-0.2, 0) is 6.54 Å². The van der Waals surface area contributed by atoms with E-state index in [-0.39, 0.29) is 0 Å². The first-order valence-electron chi connectivity index (χ1n) is 8.45. The van der Waals surface area contributed by atoms with Crippen molar-refractivity contribution in [2.24, 2.45) is 0 Å². The van der Waals surface area contributed by atoms with Gasteiger partial charge in [0.2, 0.25) is 0 Å². The summed E-state index contributed by atoms with van der Waals surface area (Å²) in [5.74, 6) is 1.64. The van der Waals surface area contributed by atoms with Crippen LogP contribution in [0.25, 0.3) is 0 Å². The summed E-state index contributed by atoms with van der Waals surface area (Å²) in [5, 5.41) is 0. The molecule has 3 aromatic rings. The highest BCUT2D eigenvalue weighted by Crippen LogP contribution is 2.29. The van der Waals surface area contributed by atoms with Gasteiger partial charge in [-0.3, -0.25) is 9.97 Å². The van der Waals surface area contributed by atoms with Gasteiger partial charge in [0.25, 0.3) is 0 Å². The lowest BCUT2D eigenvalue weighted by Crippen LogP contribution is -2.35. The van der Waals surface area contributed by atoms with Crippen LogP contribution in [0.5, 0.6) is 0 Å². The summed E-state index contributed by atoms with van der Waals surface area (Å²) in [4.78, 5) is 15.4. The number of rotatable bonds is 4. The average molecular weight is 319 g/mol. The third-order valence-corrected chi connectivity index (χ3v) is 4.64. The van der Waals surface area contributed by atoms with E-state index in [1.807, 2.05) is 37.1 Å². The Kier molecular flexibility index (Phi) is 4.23. The van der Waals surface area contributed by atoms with Crippen LogP contribution in [0.3, 0.4) is 0 Å². The summed E-state index contributed by atoms with van der Waals surface area (Å²) in [5.41, 5.74) is 2.46. The third-order valence-electron chi connectivity index (χ3n) is 4.64. The molecule has 5 nitrogen and oxygen atoms in total. The fourth-order valence-corrected chi connectivity index (χ4v) is 3.48. The Hall–Kier alpha value is -2.69. The van der Waals surface area contributed by atoms with E-state index in [9.17, 15) is 0 Å². The molecule has 4 heterocycles. The van der Waals surface area contributed by atoms with Gasteiger partial charge in [0.05, 0.1) is 6.54 Å². The minimum absolute atomic E-state index is 0.457. The van der Waals surface area contributed by atoms with Crippen LogP contribution in [-0.4, -0.2) is 32.6 Å². The van der Waals surface area contributed by atoms with Gasteiger partial charge in [-0.25, -0.2) is 4.98 Å². The Bertz CT molecular complexity index is 769. The number of hydrogen-bond acceptors (Lipinski definition) is 4. The van der Waals surface area contributed by atoms with E-state index in [0.717, 1.165) is 19.6 Å². The maximum atomic E-state index is 4.67. The van der Waals surface area contributed by atoms with Gasteiger partial charge in [0.1, 0.15) is 5.82 Å². The summed E-state index contributed by atoms with van der Waals surface area (Å²) < 4.78 is 2.26. The van der Waals surface area contributed by atoms with E-state index in [4.69, 9.17) is 0 Å². The van der Waals surface area contributed by atoms with Crippen molar-refractivity contribution in [1.82, 2.24) is 19.5 Å². The van der Waals surface area contributed by atoms with E-state index >= 15 is 0 Å². The van der Waals surface area contributed by atoms with Crippen molar-refractivity contribution in [3.8, 4) is 0 Å². The quantitative estimate of drug-likeness (QED) is 0.741. The molecular formula is C19H21N5. The van der Waals surface area contributed by atoms with E-state index < -0.39 is 0 Å². The molecule has 0 bridgehead atoms. The van der Waals surface area contributed by atoms with Gasteiger partial charge in [0, 0.05) is 61.9 Å². The molecule has 0 amide bonds. The van der Waals surface area contributed by atoms with Crippen molar-refractivity contribution in [3.63, 3.8) is 0 Å². The Morgan fingerprint density at radius 2 is 1.96 bits per heavy atom. The summed E-state index contributed by atoms with van der Waals surface area (Å²) in [6.45, 7) is 2.94. The topological polar surface area (TPSA) is 46.8 Å². The molecule has 1 aliphatic rings. The minimum atomic E-state index is 0.457. The summed E-state index contributed by atoms with van der Waals surface area (Å²) in [7, 11) is 0. The van der Waals surface area contributed by atoms with E-state index in [2.05, 4.69) is 48.8 Å². The SMILES string of the molecule is c1cncc(Cn2ccnc2C2CCCN(c3ccncc3)C2)c1. The number of imidazole rings is 1. The van der Waals surface area contributed by atoms with E-state index in [1.54, 1.807) is 0 Å². The predicted octanol–water partition coefficient (Wildman–Crippen LogP) is 3.11. The van der Waals surface area contributed by atoms with Gasteiger partial charge >= 0.3 is 0 Å². The van der Waals surface area contributed by atoms with Gasteiger partial charge in [-0.05, 0) is 36.6 Å². The van der Waals surface area contributed by atoms with Gasteiger partial charge in [-0.15, -0.1) is 0 Å². The molecule has 122 valence electrons. The minimum Gasteiger partial charge on any atom is -0.371 e. The second-order valence-electron chi connectivity index (χ2n) is 6.27. The summed E-state index contributed by atoms with van der Waals surface area (Å²) >= 11 is 0. The molecule has 0 aromatic carbocycles. The molecule has 24 heavy (non-hydrogen) atoms. The van der Waals surface area contributed by atoms with Crippen molar-refractivity contribution in [2.75, 3.05) is 18.0 Å². The first kappa shape index (κ1) is 14.9. The lowest BCUT2D eigenvalue weighted by molar-refractivity contribution is 0.476. The summed E-state index contributed by atoms with van der Waals surface area (Å²) in [6.07, 6.45) is 13.8. The van der Waals surface area contributed by atoms with Gasteiger partial charge < -0.3 is 9.47 Å². The molecule has 0 N–H and O–H groups in total. The van der Waals surface area contributed by atoms with Crippen LogP contribution >= 0.6 is 0 Å². The third kappa shape index (κ3) is 3.15. The van der Waals surface area contributed by atoms with Crippen LogP contribution in [0.4, 0.5) is 5.69 Å². The predicted molar refractivity (Wildman–Crippen MR) is 94.0 cm³/mol. The molecule has 3 aromatic heterocycles. The van der Waals surface area contributed by atoms with Crippen LogP contribution in [0, 0.1) is 0 Å². The van der Waals surface area contributed by atoms with Crippen LogP contribution in [0.1, 0.15) is 30.1 Å². The van der Waals surface area contributed by atoms with Crippen LogP contribution < -0.4 is 4.90 Å². The largest absolute Gasteiger partial charge is 0.371 e. The smallest absolute Gasteiger partial charge is 0.113 e. The Labute approximate surface area is 142 Å². The zero-order valence-corrected chi connectivity index (χ0v) is 13.6. The second-order valence-corrected chi connectivity index (χ2v) is 6.27. The molecule has 1 fully saturated rings. The molecule has 4 rings (SSSR count). The van der Waals surface area contributed by atoms with Gasteiger partial charge in [-0.1, -0.05) is 6.07 Å². The molecule has 0 saturated carbocycles. The number of aromatic nitrogens is 4. The van der Waals surface area contributed by atoms with E-state index in [0.29, 0.717) is 5.92 Å². The molecule has 5 heteroatoms. The van der Waals surface area contributed by atoms with Gasteiger partial charge in [0.15, 0.2) is 0 Å². The molecule has 0 aliphatic carbocycles. The first-order valence-corrected chi connectivity index (χ1v) is 8.45. The molecule has 1 atom stereocenters. The number of piperidine rings is 1. The summed E-state index contributed by atoms with van der Waals surface area (Å²) in [6, 6.07) is 8.27. The maximum absolute atomic E-state index is 4.67. The molecule has 1 aliphatic heterocycles. The average Bonchev–Trinajstić information content (AvgIpc) is 3.12. The fraction of sp³-hybridized carbons (Fsp3) is 0.316. The number of anilines is 1. The zero-order chi connectivity index (χ0) is 16.2. The maximum Gasteiger partial charge on any atom is 0.113 e. The highest BCUT2D eigenvalue weighted by atomic mass is 15.2. The second kappa shape index (κ2) is 6.83. The Morgan fingerprint density at radius 1 is 1.04 bits per heavy atom. The zero-order valence-electron chi connectivity index (χ0n) is 13.6. The van der Waals surface area contributed by atoms with Crippen molar-refractivity contribution < 1.29 is 0 Å². The van der Waals surface area contributed by atoms with Crippen molar-refractivity contribution in [2.45, 2.75) is 25.3 Å².